The number of amides is 2. The second kappa shape index (κ2) is 7.44. The van der Waals surface area contributed by atoms with Gasteiger partial charge in [0.2, 0.25) is 0 Å². The van der Waals surface area contributed by atoms with Crippen LogP contribution in [-0.2, 0) is 9.53 Å². The fourth-order valence-corrected chi connectivity index (χ4v) is 3.33. The van der Waals surface area contributed by atoms with Gasteiger partial charge in [0.25, 0.3) is 0 Å². The molecule has 0 aromatic heterocycles. The first kappa shape index (κ1) is 17.7. The molecule has 26 heavy (non-hydrogen) atoms. The van der Waals surface area contributed by atoms with Gasteiger partial charge in [-0.2, -0.15) is 0 Å². The summed E-state index contributed by atoms with van der Waals surface area (Å²) in [5.41, 5.74) is 2.73. The zero-order valence-electron chi connectivity index (χ0n) is 15.2. The molecule has 0 saturated carbocycles. The zero-order chi connectivity index (χ0) is 18.7. The highest BCUT2D eigenvalue weighted by atomic mass is 16.5. The van der Waals surface area contributed by atoms with Gasteiger partial charge >= 0.3 is 12.0 Å². The third-order valence-corrected chi connectivity index (χ3v) is 4.50. The normalized spacial score (nSPS) is 17.5. The van der Waals surface area contributed by atoms with Gasteiger partial charge in [-0.25, -0.2) is 9.59 Å². The van der Waals surface area contributed by atoms with E-state index in [9.17, 15) is 9.59 Å². The van der Waals surface area contributed by atoms with Crippen molar-refractivity contribution in [2.45, 2.75) is 13.0 Å². The van der Waals surface area contributed by atoms with Gasteiger partial charge in [-0.1, -0.05) is 60.7 Å². The molecule has 134 valence electrons. The van der Waals surface area contributed by atoms with E-state index in [0.717, 1.165) is 11.1 Å². The molecule has 0 fully saturated rings. The molecule has 1 atom stereocenters. The standard InChI is InChI=1S/C21H22N2O3/c1-4-26-20(24)17-18(15-11-7-5-8-12-15)22(2)21(25)23(3)19(17)16-13-9-6-10-14-16/h5-14,18H,4H2,1-3H3. The Kier molecular flexibility index (Phi) is 5.07. The van der Waals surface area contributed by atoms with Gasteiger partial charge in [0.1, 0.15) is 0 Å². The Morgan fingerprint density at radius 3 is 2.15 bits per heavy atom. The first-order valence-electron chi connectivity index (χ1n) is 8.58. The smallest absolute Gasteiger partial charge is 0.338 e. The fraction of sp³-hybridized carbons (Fsp3) is 0.238. The van der Waals surface area contributed by atoms with Crippen LogP contribution in [0.1, 0.15) is 24.1 Å². The van der Waals surface area contributed by atoms with E-state index in [1.54, 1.807) is 25.9 Å². The molecule has 0 saturated heterocycles. The van der Waals surface area contributed by atoms with Crippen LogP contribution >= 0.6 is 0 Å². The molecule has 0 bridgehead atoms. The van der Waals surface area contributed by atoms with Crippen LogP contribution in [-0.4, -0.2) is 42.5 Å². The van der Waals surface area contributed by atoms with E-state index in [1.807, 2.05) is 60.7 Å². The van der Waals surface area contributed by atoms with E-state index in [1.165, 1.54) is 4.90 Å². The number of rotatable bonds is 4. The van der Waals surface area contributed by atoms with E-state index in [-0.39, 0.29) is 12.6 Å². The highest BCUT2D eigenvalue weighted by Crippen LogP contribution is 2.40. The average molecular weight is 350 g/mol. The van der Waals surface area contributed by atoms with Gasteiger partial charge in [0.05, 0.1) is 23.9 Å². The summed E-state index contributed by atoms with van der Waals surface area (Å²) in [7, 11) is 3.39. The molecule has 5 nitrogen and oxygen atoms in total. The molecule has 5 heteroatoms. The van der Waals surface area contributed by atoms with Crippen molar-refractivity contribution >= 4 is 17.7 Å². The van der Waals surface area contributed by atoms with Crippen LogP contribution in [0.15, 0.2) is 66.2 Å². The second-order valence-electron chi connectivity index (χ2n) is 6.11. The summed E-state index contributed by atoms with van der Waals surface area (Å²) in [6, 6.07) is 18.3. The molecule has 2 aromatic carbocycles. The zero-order valence-corrected chi connectivity index (χ0v) is 15.2. The lowest BCUT2D eigenvalue weighted by atomic mass is 9.91. The largest absolute Gasteiger partial charge is 0.463 e. The van der Waals surface area contributed by atoms with Gasteiger partial charge in [0, 0.05) is 14.1 Å². The minimum absolute atomic E-state index is 0.175. The molecular weight excluding hydrogens is 328 g/mol. The first-order chi connectivity index (χ1) is 12.6. The Hall–Kier alpha value is -3.08. The van der Waals surface area contributed by atoms with Crippen molar-refractivity contribution in [1.82, 2.24) is 9.80 Å². The molecule has 1 unspecified atom stereocenters. The molecule has 0 N–H and O–H groups in total. The molecular formula is C21H22N2O3. The number of urea groups is 1. The number of benzene rings is 2. The van der Waals surface area contributed by atoms with E-state index in [4.69, 9.17) is 4.74 Å². The molecule has 1 heterocycles. The summed E-state index contributed by atoms with van der Waals surface area (Å²) >= 11 is 0. The molecule has 3 rings (SSSR count). The summed E-state index contributed by atoms with van der Waals surface area (Å²) in [6.07, 6.45) is 0. The lowest BCUT2D eigenvalue weighted by molar-refractivity contribution is -0.139. The maximum Gasteiger partial charge on any atom is 0.338 e. The maximum absolute atomic E-state index is 12.9. The maximum atomic E-state index is 12.9. The Morgan fingerprint density at radius 1 is 1.00 bits per heavy atom. The van der Waals surface area contributed by atoms with Gasteiger partial charge in [-0.3, -0.25) is 4.90 Å². The second-order valence-corrected chi connectivity index (χ2v) is 6.11. The Labute approximate surface area is 153 Å². The predicted octanol–water partition coefficient (Wildman–Crippen LogP) is 3.70. The number of hydrogen-bond donors (Lipinski definition) is 0. The summed E-state index contributed by atoms with van der Waals surface area (Å²) in [5, 5.41) is 0. The third-order valence-electron chi connectivity index (χ3n) is 4.50. The summed E-state index contributed by atoms with van der Waals surface area (Å²) in [4.78, 5) is 28.9. The highest BCUT2D eigenvalue weighted by Gasteiger charge is 2.41. The highest BCUT2D eigenvalue weighted by molar-refractivity contribution is 6.04. The number of carbonyl (C=O) groups excluding carboxylic acids is 2. The predicted molar refractivity (Wildman–Crippen MR) is 100 cm³/mol. The van der Waals surface area contributed by atoms with Crippen LogP contribution in [0.5, 0.6) is 0 Å². The lowest BCUT2D eigenvalue weighted by Gasteiger charge is -2.40. The molecule has 2 amide bonds. The van der Waals surface area contributed by atoms with E-state index in [2.05, 4.69) is 0 Å². The van der Waals surface area contributed by atoms with Crippen molar-refractivity contribution in [1.29, 1.82) is 0 Å². The summed E-state index contributed by atoms with van der Waals surface area (Å²) < 4.78 is 5.36. The number of nitrogens with zero attached hydrogens (tertiary/aromatic N) is 2. The van der Waals surface area contributed by atoms with Crippen LogP contribution in [0.3, 0.4) is 0 Å². The van der Waals surface area contributed by atoms with Crippen LogP contribution in [0.4, 0.5) is 4.79 Å². The molecule has 0 spiro atoms. The SMILES string of the molecule is CCOC(=O)C1=C(c2ccccc2)N(C)C(=O)N(C)C1c1ccccc1. The van der Waals surface area contributed by atoms with Crippen molar-refractivity contribution in [3.8, 4) is 0 Å². The van der Waals surface area contributed by atoms with Crippen molar-refractivity contribution < 1.29 is 14.3 Å². The monoisotopic (exact) mass is 350 g/mol. The minimum Gasteiger partial charge on any atom is -0.463 e. The Morgan fingerprint density at radius 2 is 1.58 bits per heavy atom. The number of likely N-dealkylation sites (N-methyl/N-ethyl adjacent to an activating group) is 1. The van der Waals surface area contributed by atoms with Crippen LogP contribution < -0.4 is 0 Å². The number of hydrogen-bond acceptors (Lipinski definition) is 3. The first-order valence-corrected chi connectivity index (χ1v) is 8.58. The molecule has 1 aliphatic rings. The molecule has 0 radical (unpaired) electrons. The average Bonchev–Trinajstić information content (AvgIpc) is 2.67. The number of esters is 1. The quantitative estimate of drug-likeness (QED) is 0.790. The van der Waals surface area contributed by atoms with Gasteiger partial charge < -0.3 is 9.64 Å². The van der Waals surface area contributed by atoms with E-state index in [0.29, 0.717) is 11.3 Å². The van der Waals surface area contributed by atoms with E-state index >= 15 is 0 Å². The van der Waals surface area contributed by atoms with Gasteiger partial charge in [0.15, 0.2) is 0 Å². The minimum atomic E-state index is -0.505. The van der Waals surface area contributed by atoms with Crippen molar-refractivity contribution in [2.24, 2.45) is 0 Å². The van der Waals surface area contributed by atoms with Crippen LogP contribution in [0, 0.1) is 0 Å². The van der Waals surface area contributed by atoms with Gasteiger partial charge in [-0.05, 0) is 18.1 Å². The fourth-order valence-electron chi connectivity index (χ4n) is 3.33. The molecule has 1 aliphatic heterocycles. The Bertz CT molecular complexity index is 831. The summed E-state index contributed by atoms with van der Waals surface area (Å²) in [5.74, 6) is -0.411. The third kappa shape index (κ3) is 3.08. The van der Waals surface area contributed by atoms with Gasteiger partial charge in [-0.15, -0.1) is 0 Å². The van der Waals surface area contributed by atoms with Crippen LogP contribution in [0.25, 0.3) is 5.70 Å². The number of carbonyl (C=O) groups is 2. The topological polar surface area (TPSA) is 49.9 Å². The lowest BCUT2D eigenvalue weighted by Crippen LogP contribution is -2.47. The summed E-state index contributed by atoms with van der Waals surface area (Å²) in [6.45, 7) is 2.05. The Balaban J connectivity index is 2.28. The molecule has 2 aromatic rings. The van der Waals surface area contributed by atoms with Crippen molar-refractivity contribution in [2.75, 3.05) is 20.7 Å². The molecule has 0 aliphatic carbocycles. The van der Waals surface area contributed by atoms with Crippen molar-refractivity contribution in [3.05, 3.63) is 77.4 Å². The van der Waals surface area contributed by atoms with Crippen molar-refractivity contribution in [3.63, 3.8) is 0 Å². The van der Waals surface area contributed by atoms with E-state index < -0.39 is 12.0 Å². The number of ether oxygens (including phenoxy) is 1. The van der Waals surface area contributed by atoms with Crippen LogP contribution in [0.2, 0.25) is 0 Å².